The summed E-state index contributed by atoms with van der Waals surface area (Å²) in [7, 11) is 1.58. The second kappa shape index (κ2) is 7.49. The first-order valence-electron chi connectivity index (χ1n) is 6.40. The Balaban J connectivity index is 2.48. The molecule has 1 atom stereocenters. The standard InChI is InChI=1S/C14H21N3O3/c1-9(2)13(14(15)19)16-8-12(18)17-10-4-6-11(20-3)7-5-10/h4-7,9,13,16H,8H2,1-3H3,(H2,15,19)(H,17,18). The predicted octanol–water partition coefficient (Wildman–Crippen LogP) is 0.733. The van der Waals surface area contributed by atoms with E-state index < -0.39 is 11.9 Å². The van der Waals surface area contributed by atoms with Crippen molar-refractivity contribution >= 4 is 17.5 Å². The maximum absolute atomic E-state index is 11.8. The van der Waals surface area contributed by atoms with Gasteiger partial charge in [-0.3, -0.25) is 14.9 Å². The maximum atomic E-state index is 11.8. The van der Waals surface area contributed by atoms with E-state index in [1.54, 1.807) is 31.4 Å². The average Bonchev–Trinajstić information content (AvgIpc) is 2.39. The number of nitrogens with two attached hydrogens (primary N) is 1. The summed E-state index contributed by atoms with van der Waals surface area (Å²) in [5, 5.41) is 5.57. The molecule has 0 heterocycles. The highest BCUT2D eigenvalue weighted by atomic mass is 16.5. The summed E-state index contributed by atoms with van der Waals surface area (Å²) < 4.78 is 5.03. The van der Waals surface area contributed by atoms with E-state index in [4.69, 9.17) is 10.5 Å². The second-order valence-electron chi connectivity index (χ2n) is 4.78. The zero-order valence-corrected chi connectivity index (χ0v) is 12.0. The molecular weight excluding hydrogens is 258 g/mol. The molecule has 20 heavy (non-hydrogen) atoms. The summed E-state index contributed by atoms with van der Waals surface area (Å²) in [6.45, 7) is 3.76. The summed E-state index contributed by atoms with van der Waals surface area (Å²) >= 11 is 0. The lowest BCUT2D eigenvalue weighted by Crippen LogP contribution is -2.47. The Morgan fingerprint density at radius 3 is 2.30 bits per heavy atom. The molecule has 0 radical (unpaired) electrons. The molecule has 6 nitrogen and oxygen atoms in total. The zero-order chi connectivity index (χ0) is 15.1. The van der Waals surface area contributed by atoms with Gasteiger partial charge in [0.15, 0.2) is 0 Å². The fourth-order valence-corrected chi connectivity index (χ4v) is 1.75. The lowest BCUT2D eigenvalue weighted by Gasteiger charge is -2.18. The van der Waals surface area contributed by atoms with E-state index in [9.17, 15) is 9.59 Å². The van der Waals surface area contributed by atoms with Gasteiger partial charge in [0, 0.05) is 5.69 Å². The SMILES string of the molecule is COc1ccc(NC(=O)CNC(C(N)=O)C(C)C)cc1. The number of nitrogens with one attached hydrogen (secondary N) is 2. The topological polar surface area (TPSA) is 93.4 Å². The van der Waals surface area contributed by atoms with E-state index in [-0.39, 0.29) is 18.4 Å². The molecule has 1 unspecified atom stereocenters. The minimum atomic E-state index is -0.517. The number of rotatable bonds is 7. The molecule has 6 heteroatoms. The molecule has 1 aromatic carbocycles. The van der Waals surface area contributed by atoms with Crippen molar-refractivity contribution in [1.82, 2.24) is 5.32 Å². The van der Waals surface area contributed by atoms with Crippen molar-refractivity contribution in [2.24, 2.45) is 11.7 Å². The van der Waals surface area contributed by atoms with E-state index in [0.29, 0.717) is 5.69 Å². The van der Waals surface area contributed by atoms with Crippen LogP contribution in [-0.2, 0) is 9.59 Å². The van der Waals surface area contributed by atoms with Crippen LogP contribution in [0.3, 0.4) is 0 Å². The minimum absolute atomic E-state index is 0.0256. The molecule has 4 N–H and O–H groups in total. The van der Waals surface area contributed by atoms with Crippen LogP contribution in [0.2, 0.25) is 0 Å². The van der Waals surface area contributed by atoms with Crippen LogP contribution in [0.4, 0.5) is 5.69 Å². The van der Waals surface area contributed by atoms with Crippen LogP contribution in [-0.4, -0.2) is 31.5 Å². The van der Waals surface area contributed by atoms with Crippen LogP contribution in [0, 0.1) is 5.92 Å². The number of amides is 2. The van der Waals surface area contributed by atoms with Gasteiger partial charge in [-0.25, -0.2) is 0 Å². The van der Waals surface area contributed by atoms with Gasteiger partial charge in [0.2, 0.25) is 11.8 Å². The molecule has 0 spiro atoms. The molecule has 0 aliphatic carbocycles. The maximum Gasteiger partial charge on any atom is 0.238 e. The summed E-state index contributed by atoms with van der Waals surface area (Å²) in [6.07, 6.45) is 0. The van der Waals surface area contributed by atoms with Gasteiger partial charge in [-0.2, -0.15) is 0 Å². The number of benzene rings is 1. The van der Waals surface area contributed by atoms with Gasteiger partial charge < -0.3 is 15.8 Å². The fraction of sp³-hybridized carbons (Fsp3) is 0.429. The van der Waals surface area contributed by atoms with Gasteiger partial charge in [-0.15, -0.1) is 0 Å². The van der Waals surface area contributed by atoms with Crippen molar-refractivity contribution < 1.29 is 14.3 Å². The molecule has 0 bridgehead atoms. The lowest BCUT2D eigenvalue weighted by atomic mass is 10.0. The second-order valence-corrected chi connectivity index (χ2v) is 4.78. The number of carbonyl (C=O) groups excluding carboxylic acids is 2. The highest BCUT2D eigenvalue weighted by Crippen LogP contribution is 2.14. The van der Waals surface area contributed by atoms with Gasteiger partial charge in [-0.05, 0) is 30.2 Å². The van der Waals surface area contributed by atoms with Gasteiger partial charge in [-0.1, -0.05) is 13.8 Å². The Labute approximate surface area is 118 Å². The van der Waals surface area contributed by atoms with E-state index in [2.05, 4.69) is 10.6 Å². The molecular formula is C14H21N3O3. The monoisotopic (exact) mass is 279 g/mol. The van der Waals surface area contributed by atoms with Crippen molar-refractivity contribution in [2.45, 2.75) is 19.9 Å². The van der Waals surface area contributed by atoms with Crippen molar-refractivity contribution in [3.8, 4) is 5.75 Å². The van der Waals surface area contributed by atoms with Crippen LogP contribution < -0.4 is 21.1 Å². The van der Waals surface area contributed by atoms with Crippen molar-refractivity contribution in [3.05, 3.63) is 24.3 Å². The van der Waals surface area contributed by atoms with Gasteiger partial charge >= 0.3 is 0 Å². The Bertz CT molecular complexity index is 457. The Morgan fingerprint density at radius 2 is 1.85 bits per heavy atom. The lowest BCUT2D eigenvalue weighted by molar-refractivity contribution is -0.121. The quantitative estimate of drug-likeness (QED) is 0.686. The van der Waals surface area contributed by atoms with Crippen LogP contribution in [0.5, 0.6) is 5.75 Å². The van der Waals surface area contributed by atoms with Crippen LogP contribution in [0.25, 0.3) is 0 Å². The molecule has 110 valence electrons. The first-order valence-corrected chi connectivity index (χ1v) is 6.40. The number of ether oxygens (including phenoxy) is 1. The molecule has 1 aromatic rings. The van der Waals surface area contributed by atoms with Crippen molar-refractivity contribution in [3.63, 3.8) is 0 Å². The Kier molecular flexibility index (Phi) is 5.99. The van der Waals surface area contributed by atoms with Crippen LogP contribution in [0.15, 0.2) is 24.3 Å². The Morgan fingerprint density at radius 1 is 1.25 bits per heavy atom. The molecule has 0 saturated carbocycles. The van der Waals surface area contributed by atoms with E-state index in [0.717, 1.165) is 5.75 Å². The minimum Gasteiger partial charge on any atom is -0.497 e. The third kappa shape index (κ3) is 4.89. The largest absolute Gasteiger partial charge is 0.497 e. The number of primary amides is 1. The summed E-state index contributed by atoms with van der Waals surface area (Å²) in [4.78, 5) is 23.0. The van der Waals surface area contributed by atoms with Gasteiger partial charge in [0.1, 0.15) is 5.75 Å². The highest BCUT2D eigenvalue weighted by Gasteiger charge is 2.19. The number of methoxy groups -OCH3 is 1. The third-order valence-corrected chi connectivity index (χ3v) is 2.83. The molecule has 0 saturated heterocycles. The Hall–Kier alpha value is -2.08. The highest BCUT2D eigenvalue weighted by molar-refractivity contribution is 5.92. The molecule has 2 amide bonds. The first-order chi connectivity index (χ1) is 9.43. The normalized spacial score (nSPS) is 12.0. The van der Waals surface area contributed by atoms with Crippen molar-refractivity contribution in [1.29, 1.82) is 0 Å². The first kappa shape index (κ1) is 16.0. The van der Waals surface area contributed by atoms with E-state index in [1.807, 2.05) is 13.8 Å². The summed E-state index contributed by atoms with van der Waals surface area (Å²) in [5.41, 5.74) is 5.93. The number of hydrogen-bond acceptors (Lipinski definition) is 4. The van der Waals surface area contributed by atoms with Gasteiger partial charge in [0.25, 0.3) is 0 Å². The average molecular weight is 279 g/mol. The predicted molar refractivity (Wildman–Crippen MR) is 77.4 cm³/mol. The van der Waals surface area contributed by atoms with Crippen LogP contribution >= 0.6 is 0 Å². The summed E-state index contributed by atoms with van der Waals surface area (Å²) in [5.74, 6) is 0.0512. The molecule has 0 fully saturated rings. The molecule has 0 aliphatic heterocycles. The number of anilines is 1. The van der Waals surface area contributed by atoms with E-state index in [1.165, 1.54) is 0 Å². The summed E-state index contributed by atoms with van der Waals surface area (Å²) in [6, 6.07) is 6.47. The zero-order valence-electron chi connectivity index (χ0n) is 12.0. The molecule has 0 aliphatic rings. The molecule has 0 aromatic heterocycles. The van der Waals surface area contributed by atoms with Crippen molar-refractivity contribution in [2.75, 3.05) is 19.0 Å². The molecule has 1 rings (SSSR count). The fourth-order valence-electron chi connectivity index (χ4n) is 1.75. The third-order valence-electron chi connectivity index (χ3n) is 2.83. The van der Waals surface area contributed by atoms with E-state index >= 15 is 0 Å². The van der Waals surface area contributed by atoms with Gasteiger partial charge in [0.05, 0.1) is 19.7 Å². The van der Waals surface area contributed by atoms with Crippen LogP contribution in [0.1, 0.15) is 13.8 Å². The number of carbonyl (C=O) groups is 2. The smallest absolute Gasteiger partial charge is 0.238 e. The number of hydrogen-bond donors (Lipinski definition) is 3.